The molecular formula is C11H11F2NO6S. The second-order valence-corrected chi connectivity index (χ2v) is 5.59. The molecule has 0 amide bonds. The number of aromatic carboxylic acids is 1. The number of carboxylic acid groups (broad SMARTS) is 1. The van der Waals surface area contributed by atoms with Gasteiger partial charge in [-0.15, -0.1) is 0 Å². The van der Waals surface area contributed by atoms with Gasteiger partial charge in [0.25, 0.3) is 0 Å². The highest BCUT2D eigenvalue weighted by molar-refractivity contribution is 7.89. The van der Waals surface area contributed by atoms with Gasteiger partial charge in [-0.2, -0.15) is 4.72 Å². The summed E-state index contributed by atoms with van der Waals surface area (Å²) in [6.07, 6.45) is 0. The number of sulfonamides is 1. The fraction of sp³-hybridized carbons (Fsp3) is 0.273. The van der Waals surface area contributed by atoms with E-state index in [2.05, 4.69) is 4.74 Å². The van der Waals surface area contributed by atoms with Crippen molar-refractivity contribution in [3.05, 3.63) is 29.3 Å². The first-order chi connectivity index (χ1) is 9.61. The molecule has 21 heavy (non-hydrogen) atoms. The average molecular weight is 323 g/mol. The normalized spacial score (nSPS) is 12.8. The number of rotatable bonds is 5. The summed E-state index contributed by atoms with van der Waals surface area (Å²) in [4.78, 5) is 20.8. The van der Waals surface area contributed by atoms with E-state index in [9.17, 15) is 26.8 Å². The van der Waals surface area contributed by atoms with Gasteiger partial charge in [-0.25, -0.2) is 22.0 Å². The van der Waals surface area contributed by atoms with Crippen molar-refractivity contribution in [1.82, 2.24) is 4.72 Å². The van der Waals surface area contributed by atoms with E-state index in [0.717, 1.165) is 14.0 Å². The van der Waals surface area contributed by atoms with Gasteiger partial charge in [-0.1, -0.05) is 0 Å². The Hall–Kier alpha value is -2.07. The summed E-state index contributed by atoms with van der Waals surface area (Å²) in [5, 5.41) is 8.68. The number of benzene rings is 1. The van der Waals surface area contributed by atoms with Crippen LogP contribution in [-0.2, 0) is 19.6 Å². The monoisotopic (exact) mass is 323 g/mol. The predicted molar refractivity (Wildman–Crippen MR) is 65.1 cm³/mol. The van der Waals surface area contributed by atoms with Crippen LogP contribution in [0, 0.1) is 11.6 Å². The Bertz CT molecular complexity index is 688. The second-order valence-electron chi connectivity index (χ2n) is 3.91. The highest BCUT2D eigenvalue weighted by Gasteiger charge is 2.29. The average Bonchev–Trinajstić information content (AvgIpc) is 2.36. The van der Waals surface area contributed by atoms with Crippen LogP contribution in [0.15, 0.2) is 17.0 Å². The van der Waals surface area contributed by atoms with Gasteiger partial charge < -0.3 is 9.84 Å². The summed E-state index contributed by atoms with van der Waals surface area (Å²) < 4.78 is 56.9. The van der Waals surface area contributed by atoms with Crippen LogP contribution in [0.25, 0.3) is 0 Å². The number of carbonyl (C=O) groups excluding carboxylic acids is 1. The van der Waals surface area contributed by atoms with Crippen LogP contribution in [0.2, 0.25) is 0 Å². The number of carboxylic acids is 1. The molecule has 0 saturated heterocycles. The molecule has 1 atom stereocenters. The Morgan fingerprint density at radius 1 is 1.33 bits per heavy atom. The molecule has 0 aromatic heterocycles. The topological polar surface area (TPSA) is 110 Å². The van der Waals surface area contributed by atoms with Gasteiger partial charge >= 0.3 is 11.9 Å². The van der Waals surface area contributed by atoms with E-state index in [4.69, 9.17) is 5.11 Å². The van der Waals surface area contributed by atoms with E-state index < -0.39 is 50.1 Å². The van der Waals surface area contributed by atoms with Crippen LogP contribution in [-0.4, -0.2) is 38.6 Å². The molecule has 1 aromatic rings. The van der Waals surface area contributed by atoms with Crippen LogP contribution < -0.4 is 4.72 Å². The molecule has 1 rings (SSSR count). The third kappa shape index (κ3) is 3.52. The molecule has 2 N–H and O–H groups in total. The van der Waals surface area contributed by atoms with E-state index in [1.807, 2.05) is 0 Å². The van der Waals surface area contributed by atoms with Crippen LogP contribution in [0.3, 0.4) is 0 Å². The number of hydrogen-bond acceptors (Lipinski definition) is 5. The largest absolute Gasteiger partial charge is 0.477 e. The third-order valence-corrected chi connectivity index (χ3v) is 4.00. The Balaban J connectivity index is 3.31. The molecule has 0 saturated carbocycles. The summed E-state index contributed by atoms with van der Waals surface area (Å²) in [7, 11) is -3.55. The molecule has 116 valence electrons. The van der Waals surface area contributed by atoms with Crippen LogP contribution >= 0.6 is 0 Å². The van der Waals surface area contributed by atoms with E-state index in [0.29, 0.717) is 12.1 Å². The number of nitrogens with one attached hydrogen (secondary N) is 1. The Morgan fingerprint density at radius 2 is 1.90 bits per heavy atom. The quantitative estimate of drug-likeness (QED) is 0.764. The van der Waals surface area contributed by atoms with Crippen molar-refractivity contribution in [2.75, 3.05) is 7.11 Å². The number of esters is 1. The van der Waals surface area contributed by atoms with Gasteiger partial charge in [0.15, 0.2) is 5.82 Å². The highest BCUT2D eigenvalue weighted by Crippen LogP contribution is 2.21. The lowest BCUT2D eigenvalue weighted by Gasteiger charge is -2.13. The van der Waals surface area contributed by atoms with Crippen molar-refractivity contribution >= 4 is 22.0 Å². The molecular weight excluding hydrogens is 312 g/mol. The molecule has 0 spiro atoms. The van der Waals surface area contributed by atoms with Crippen molar-refractivity contribution in [3.63, 3.8) is 0 Å². The molecule has 0 bridgehead atoms. The maximum absolute atomic E-state index is 13.9. The van der Waals surface area contributed by atoms with Crippen molar-refractivity contribution in [2.24, 2.45) is 0 Å². The number of hydrogen-bond donors (Lipinski definition) is 2. The standard InChI is InChI=1S/C11H11F2NO6S/c1-5(11(17)20-2)14-21(18,19)7-4-3-6(12)8(9(7)13)10(15)16/h3-5,14H,1-2H3,(H,15,16)/t5-/m0/s1. The van der Waals surface area contributed by atoms with Gasteiger partial charge in [0, 0.05) is 0 Å². The van der Waals surface area contributed by atoms with Crippen LogP contribution in [0.1, 0.15) is 17.3 Å². The summed E-state index contributed by atoms with van der Waals surface area (Å²) in [6, 6.07) is -0.273. The predicted octanol–water partition coefficient (Wildman–Crippen LogP) is 0.503. The first kappa shape index (κ1) is 17.0. The lowest BCUT2D eigenvalue weighted by Crippen LogP contribution is -2.39. The molecule has 1 aromatic carbocycles. The van der Waals surface area contributed by atoms with Crippen molar-refractivity contribution in [2.45, 2.75) is 17.9 Å². The van der Waals surface area contributed by atoms with Crippen LogP contribution in [0.4, 0.5) is 8.78 Å². The molecule has 10 heteroatoms. The molecule has 0 unspecified atom stereocenters. The fourth-order valence-electron chi connectivity index (χ4n) is 1.46. The molecule has 0 radical (unpaired) electrons. The minimum Gasteiger partial charge on any atom is -0.477 e. The summed E-state index contributed by atoms with van der Waals surface area (Å²) in [5.41, 5.74) is -1.40. The van der Waals surface area contributed by atoms with Crippen molar-refractivity contribution < 1.29 is 36.6 Å². The maximum Gasteiger partial charge on any atom is 0.341 e. The van der Waals surface area contributed by atoms with E-state index in [-0.39, 0.29) is 0 Å². The minimum atomic E-state index is -4.57. The number of carbonyl (C=O) groups is 2. The van der Waals surface area contributed by atoms with Gasteiger partial charge in [-0.05, 0) is 19.1 Å². The fourth-order valence-corrected chi connectivity index (χ4v) is 2.73. The summed E-state index contributed by atoms with van der Waals surface area (Å²) in [5.74, 6) is -6.06. The van der Waals surface area contributed by atoms with Gasteiger partial charge in [0.2, 0.25) is 10.0 Å². The SMILES string of the molecule is COC(=O)[C@H](C)NS(=O)(=O)c1ccc(F)c(C(=O)O)c1F. The minimum absolute atomic E-state index is 0.504. The lowest BCUT2D eigenvalue weighted by atomic mass is 10.2. The van der Waals surface area contributed by atoms with E-state index >= 15 is 0 Å². The van der Waals surface area contributed by atoms with Crippen LogP contribution in [0.5, 0.6) is 0 Å². The molecule has 0 fully saturated rings. The zero-order valence-electron chi connectivity index (χ0n) is 10.9. The highest BCUT2D eigenvalue weighted by atomic mass is 32.2. The molecule has 0 aliphatic heterocycles. The molecule has 0 heterocycles. The maximum atomic E-state index is 13.9. The Morgan fingerprint density at radius 3 is 2.38 bits per heavy atom. The molecule has 0 aliphatic rings. The zero-order valence-corrected chi connectivity index (χ0v) is 11.7. The summed E-state index contributed by atoms with van der Waals surface area (Å²) >= 11 is 0. The van der Waals surface area contributed by atoms with Gasteiger partial charge in [0.1, 0.15) is 22.3 Å². The molecule has 0 aliphatic carbocycles. The first-order valence-corrected chi connectivity index (χ1v) is 6.91. The Kier molecular flexibility index (Phi) is 4.97. The second kappa shape index (κ2) is 6.14. The Labute approximate surface area is 118 Å². The van der Waals surface area contributed by atoms with Gasteiger partial charge in [-0.3, -0.25) is 4.79 Å². The first-order valence-electron chi connectivity index (χ1n) is 5.43. The summed E-state index contributed by atoms with van der Waals surface area (Å²) in [6.45, 7) is 1.14. The smallest absolute Gasteiger partial charge is 0.341 e. The van der Waals surface area contributed by atoms with E-state index in [1.54, 1.807) is 4.72 Å². The van der Waals surface area contributed by atoms with Gasteiger partial charge in [0.05, 0.1) is 7.11 Å². The van der Waals surface area contributed by atoms with E-state index in [1.165, 1.54) is 0 Å². The lowest BCUT2D eigenvalue weighted by molar-refractivity contribution is -0.142. The van der Waals surface area contributed by atoms with Crippen molar-refractivity contribution in [1.29, 1.82) is 0 Å². The third-order valence-electron chi connectivity index (χ3n) is 2.45. The van der Waals surface area contributed by atoms with Crippen molar-refractivity contribution in [3.8, 4) is 0 Å². The number of methoxy groups -OCH3 is 1. The molecule has 7 nitrogen and oxygen atoms in total. The zero-order chi connectivity index (χ0) is 16.4. The number of halogens is 2. The number of ether oxygens (including phenoxy) is 1.